The fourth-order valence-electron chi connectivity index (χ4n) is 15.2. The molecule has 37 nitrogen and oxygen atoms in total. The summed E-state index contributed by atoms with van der Waals surface area (Å²) >= 11 is 5.03. The summed E-state index contributed by atoms with van der Waals surface area (Å²) in [6.45, 7) is 39.2. The van der Waals surface area contributed by atoms with Gasteiger partial charge in [-0.2, -0.15) is 9.90 Å². The number of urea groups is 2. The quantitative estimate of drug-likeness (QED) is 0.0368. The predicted molar refractivity (Wildman–Crippen MR) is 526 cm³/mol. The lowest BCUT2D eigenvalue weighted by molar-refractivity contribution is -0.394. The molecule has 19 N–H and O–H groups in total. The van der Waals surface area contributed by atoms with Gasteiger partial charge in [-0.05, 0) is 162 Å². The Morgan fingerprint density at radius 1 is 0.496 bits per heavy atom. The number of aromatic nitrogens is 2. The molecule has 0 saturated carbocycles. The van der Waals surface area contributed by atoms with Crippen molar-refractivity contribution in [3.8, 4) is 0 Å². The van der Waals surface area contributed by atoms with Gasteiger partial charge in [0.05, 0.1) is 61.4 Å². The summed E-state index contributed by atoms with van der Waals surface area (Å²) in [6, 6.07) is -0.647. The number of ether oxygens (including phenoxy) is 6. The third-order valence-corrected chi connectivity index (χ3v) is 32.0. The van der Waals surface area contributed by atoms with E-state index in [2.05, 4.69) is 193 Å². The number of amides is 6. The van der Waals surface area contributed by atoms with Crippen LogP contribution in [0.25, 0.3) is 0 Å². The third kappa shape index (κ3) is 31.1. The zero-order chi connectivity index (χ0) is 97.3. The SMILES string of the molecule is C=C1NC(=O)C(C)CN1[C@@H]1O[C@H](CCP(=C)(C)C)[C@@H](O)[C@H]1O.C=C1NC(=O)C=NN1[C@@H]1O[C@H](CCP(=C)(C)C)[C@@H](O)[C@H]1O.C=C1NC(=O)NC=C1[C@@H]1O[C@H](CCP(=C)(C)C)[C@@H](O)[C@H]1O.C=C1NC(=O)[N+](C)=CC1[C@@H]1O[C@H](CCP(=C)(C)C)[C@@H](O)[C@H]1O.C=C1NC(=S)C=CN1[C@@H]1O[C@H](CCP(=C)(C)C)[C@@H](O)[C@H]1O.C=P(C)(C)CC[C@H]1O[C@@H](c2c[nH]c(=O)n(C)c2=O)[C@H](O)[C@@H]1O. The lowest BCUT2D eigenvalue weighted by Crippen LogP contribution is -2.54. The number of thiocarbonyl (C=S) groups is 1. The van der Waals surface area contributed by atoms with Gasteiger partial charge < -0.3 is 131 Å². The Morgan fingerprint density at radius 3 is 1.36 bits per heavy atom. The maximum absolute atomic E-state index is 12.1. The van der Waals surface area contributed by atoms with Gasteiger partial charge in [-0.25, -0.2) is 24.5 Å². The largest absolute Gasteiger partial charge is 0.495 e. The van der Waals surface area contributed by atoms with Crippen molar-refractivity contribution in [1.82, 2.24) is 56.3 Å². The van der Waals surface area contributed by atoms with Gasteiger partial charge in [0.2, 0.25) is 5.91 Å². The third-order valence-electron chi connectivity index (χ3n) is 22.9. The molecule has 7 fully saturated rings. The van der Waals surface area contributed by atoms with Crippen molar-refractivity contribution in [3.63, 3.8) is 0 Å². The number of carbonyl (C=O) groups excluding carboxylic acids is 4. The van der Waals surface area contributed by atoms with E-state index in [1.165, 1.54) is 29.0 Å². The van der Waals surface area contributed by atoms with E-state index < -0.39 is 193 Å². The Hall–Kier alpha value is -5.75. The average molecular weight is 1950 g/mol. The van der Waals surface area contributed by atoms with Crippen LogP contribution in [0.1, 0.15) is 57.1 Å². The zero-order valence-electron chi connectivity index (χ0n) is 77.0. The first kappa shape index (κ1) is 110. The Morgan fingerprint density at radius 2 is 0.907 bits per heavy atom. The molecule has 12 heterocycles. The number of aliphatic hydroxyl groups is 12. The Bertz CT molecular complexity index is 4740. The van der Waals surface area contributed by atoms with Gasteiger partial charge in [-0.15, -0.1) is 79.1 Å². The first-order valence-corrected chi connectivity index (χ1v) is 61.1. The summed E-state index contributed by atoms with van der Waals surface area (Å²) in [7, 11) is 2.97. The maximum atomic E-state index is 12.1. The van der Waals surface area contributed by atoms with E-state index in [0.717, 1.165) is 47.8 Å². The molecule has 0 bridgehead atoms. The highest BCUT2D eigenvalue weighted by Gasteiger charge is 2.53. The smallest absolute Gasteiger partial charge is 0.388 e. The molecular formula is C85H144N13O24P6S+. The van der Waals surface area contributed by atoms with Crippen LogP contribution >= 0.6 is 53.5 Å². The van der Waals surface area contributed by atoms with Gasteiger partial charge >= 0.3 is 17.8 Å². The maximum Gasteiger partial charge on any atom is 0.495 e. The van der Waals surface area contributed by atoms with Crippen molar-refractivity contribution < 1.29 is 113 Å². The highest BCUT2D eigenvalue weighted by Crippen LogP contribution is 2.46. The Labute approximate surface area is 763 Å². The number of carbonyl (C=O) groups is 4. The van der Waals surface area contributed by atoms with Crippen molar-refractivity contribution in [1.29, 1.82) is 0 Å². The summed E-state index contributed by atoms with van der Waals surface area (Å²) in [6.07, 6.45) is 23.5. The molecule has 0 aromatic carbocycles. The first-order valence-electron chi connectivity index (χ1n) is 42.4. The van der Waals surface area contributed by atoms with E-state index in [1.54, 1.807) is 42.3 Å². The standard InChI is InChI=1S/C15H25N2O4P.C15H27N2O4P.C14H23N2O5P.C14H23N2O4P.C14H23N2O3PS.C13H22N3O4P/c1-9-10(8-17(2)15(20)16-9)14-13(19)12(18)11(21-14)6-7-22(3,4)5;1-9-8-17(10(2)16-14(9)20)15-13(19)12(18)11(21-15)6-7-22(3,4)5;1-16-13(19)8(7-15-14(16)20)12-11(18)10(17)9(21-12)5-6-22(2,3)4;1-8-9(7-15-14(19)16-8)13-12(18)11(17)10(20-13)5-6-21(2,3)4;1-9-15-11(21)5-7-16(9)14-13(18)12(17)10(19-14)6-8-20(2,3)4;1-8-15-10(17)7-14-16(8)13-12(19)11(18)9(20-13)5-6-21(2,3)4/h8,10-14,18-19H,1,3,6-7H2,2,4-5H3;9,11-13,15,18-19H,2-3,6-8H2,1,4-5H3,(H,16,20);7,9-12,17-18H,2,5-6H2,1,3-4H3,(H,15,20);7,10-13,17-18H,1-2,5-6H2,3-4H3,(H2,15,16,19);5,7,10,12-14,17-18H,1-2,6,8H2,3-4H3,(H,15,21);7,9,11-13,18-19H,1-2,5-6H2,3-4H3,(H,15,17)/p+1/t10?,11-,12-,13-,14+;9?,11-,12-,13-,15-;9-,10-,11-,12+;10-,11-,12-,13+;10-,12-,13-,14-;9-,11-,12-,13-/m111111/s1. The van der Waals surface area contributed by atoms with Crippen LogP contribution < -0.4 is 43.1 Å². The lowest BCUT2D eigenvalue weighted by Gasteiger charge is -2.39. The zero-order valence-corrected chi connectivity index (χ0v) is 83.2. The van der Waals surface area contributed by atoms with Crippen LogP contribution in [-0.4, -0.2) is 441 Å². The second kappa shape index (κ2) is 45.7. The summed E-state index contributed by atoms with van der Waals surface area (Å²) in [5, 5.41) is 143. The minimum absolute atomic E-state index is 0.0885. The molecule has 11 aliphatic heterocycles. The molecule has 1 aromatic heterocycles. The number of hydrogen-bond acceptors (Lipinski definition) is 29. The number of nitrogens with one attached hydrogen (secondary N) is 7. The van der Waals surface area contributed by atoms with Crippen molar-refractivity contribution in [2.75, 3.05) is 131 Å². The summed E-state index contributed by atoms with van der Waals surface area (Å²) in [5.41, 5.74) is 0.463. The molecule has 12 rings (SSSR count). The van der Waals surface area contributed by atoms with Gasteiger partial charge in [-0.1, -0.05) is 52.0 Å². The fraction of sp³-hybridized carbons (Fsp3) is 0.635. The average Bonchev–Trinajstić information content (AvgIpc) is 1.65. The van der Waals surface area contributed by atoms with Gasteiger partial charge in [0.1, 0.15) is 132 Å². The molecule has 7 saturated heterocycles. The van der Waals surface area contributed by atoms with Crippen LogP contribution in [0.2, 0.25) is 0 Å². The van der Waals surface area contributed by atoms with E-state index in [4.69, 9.17) is 40.6 Å². The van der Waals surface area contributed by atoms with Crippen molar-refractivity contribution >= 4 is 133 Å². The topological polar surface area (TPSA) is 519 Å². The molecule has 6 amide bonds. The normalized spacial score (nSPS) is 33.7. The van der Waals surface area contributed by atoms with Crippen molar-refractivity contribution in [3.05, 3.63) is 118 Å². The van der Waals surface area contributed by atoms with Crippen LogP contribution in [0, 0.1) is 11.8 Å². The molecule has 2 unspecified atom stereocenters. The van der Waals surface area contributed by atoms with E-state index in [-0.39, 0.29) is 53.2 Å². The van der Waals surface area contributed by atoms with E-state index in [1.807, 2.05) is 0 Å². The summed E-state index contributed by atoms with van der Waals surface area (Å²) in [5.74, 6) is 0.0970. The van der Waals surface area contributed by atoms with E-state index >= 15 is 0 Å². The van der Waals surface area contributed by atoms with Crippen LogP contribution in [0.15, 0.2) is 107 Å². The van der Waals surface area contributed by atoms with E-state index in [9.17, 15) is 90.0 Å². The summed E-state index contributed by atoms with van der Waals surface area (Å²) < 4.78 is 37.1. The number of rotatable bonds is 24. The van der Waals surface area contributed by atoms with Gasteiger partial charge in [0.15, 0.2) is 18.7 Å². The Kier molecular flexibility index (Phi) is 39.1. The summed E-state index contributed by atoms with van der Waals surface area (Å²) in [4.78, 5) is 75.4. The fourth-order valence-corrected chi connectivity index (χ4v) is 21.1. The van der Waals surface area contributed by atoms with Gasteiger partial charge in [-0.3, -0.25) is 19.0 Å². The molecule has 11 aliphatic rings. The molecule has 0 aliphatic carbocycles. The minimum Gasteiger partial charge on any atom is -0.388 e. The molecule has 26 atom stereocenters. The second-order valence-electron chi connectivity index (χ2n) is 38.6. The van der Waals surface area contributed by atoms with Crippen molar-refractivity contribution in [2.45, 2.75) is 192 Å². The number of nitrogens with zero attached hydrogens (tertiary/aromatic N) is 6. The second-order valence-corrected chi connectivity index (χ2v) is 65.0. The Balaban J connectivity index is 0.000000212. The van der Waals surface area contributed by atoms with Crippen molar-refractivity contribution in [2.24, 2.45) is 24.0 Å². The predicted octanol–water partition coefficient (Wildman–Crippen LogP) is 0.00360. The highest BCUT2D eigenvalue weighted by atomic mass is 32.1. The van der Waals surface area contributed by atoms with Gasteiger partial charge in [0, 0.05) is 43.5 Å². The number of hydrazone groups is 1. The molecule has 0 spiro atoms. The van der Waals surface area contributed by atoms with Crippen LogP contribution in [0.4, 0.5) is 9.59 Å². The van der Waals surface area contributed by atoms with Crippen LogP contribution in [0.5, 0.6) is 0 Å². The minimum atomic E-state index is -1.27. The molecule has 44 heteroatoms. The number of hydrogen-bond donors (Lipinski definition) is 19. The van der Waals surface area contributed by atoms with E-state index in [0.29, 0.717) is 78.7 Å². The molecule has 129 heavy (non-hydrogen) atoms. The number of aromatic amines is 1. The monoisotopic (exact) mass is 1950 g/mol. The first-order chi connectivity index (χ1) is 59.4. The molecule has 0 radical (unpaired) electrons. The molecular weight excluding hydrogens is 1800 g/mol. The van der Waals surface area contributed by atoms with Crippen LogP contribution in [-0.2, 0) is 45.1 Å². The highest BCUT2D eigenvalue weighted by molar-refractivity contribution is 7.80. The lowest BCUT2D eigenvalue weighted by atomic mass is 9.93. The molecule has 1 aromatic rings. The number of aliphatic hydroxyl groups excluding tert-OH is 12. The number of H-pyrrole nitrogens is 1. The van der Waals surface area contributed by atoms with Gasteiger partial charge in [0.25, 0.3) is 11.5 Å². The molecule has 728 valence electrons. The van der Waals surface area contributed by atoms with Crippen LogP contribution in [0.3, 0.4) is 0 Å².